The van der Waals surface area contributed by atoms with Crippen LogP contribution in [0, 0.1) is 0 Å². The van der Waals surface area contributed by atoms with Crippen molar-refractivity contribution in [2.45, 2.75) is 0 Å². The Labute approximate surface area is 166 Å². The van der Waals surface area contributed by atoms with Gasteiger partial charge >= 0.3 is 5.97 Å². The molecule has 2 aromatic rings. The highest BCUT2D eigenvalue weighted by molar-refractivity contribution is 6.35. The number of anilines is 1. The highest BCUT2D eigenvalue weighted by Gasteiger charge is 2.09. The molecule has 0 saturated carbocycles. The molecule has 2 rings (SSSR count). The lowest BCUT2D eigenvalue weighted by Gasteiger charge is -2.08. The Morgan fingerprint density at radius 2 is 1.85 bits per heavy atom. The molecule has 27 heavy (non-hydrogen) atoms. The first-order chi connectivity index (χ1) is 12.9. The fourth-order valence-electron chi connectivity index (χ4n) is 2.09. The lowest BCUT2D eigenvalue weighted by molar-refractivity contribution is -0.142. The molecule has 0 saturated heterocycles. The van der Waals surface area contributed by atoms with Crippen molar-refractivity contribution in [1.29, 1.82) is 0 Å². The van der Waals surface area contributed by atoms with Gasteiger partial charge in [-0.2, -0.15) is 0 Å². The van der Waals surface area contributed by atoms with E-state index in [9.17, 15) is 9.59 Å². The fourth-order valence-corrected chi connectivity index (χ4v) is 2.43. The Hall–Kier alpha value is -2.70. The average Bonchev–Trinajstić information content (AvgIpc) is 2.67. The van der Waals surface area contributed by atoms with Crippen LogP contribution in [0.3, 0.4) is 0 Å². The normalized spacial score (nSPS) is 10.5. The second-order valence-electron chi connectivity index (χ2n) is 5.22. The van der Waals surface area contributed by atoms with Crippen LogP contribution in [0.1, 0.15) is 5.56 Å². The molecule has 0 atom stereocenters. The second-order valence-corrected chi connectivity index (χ2v) is 6.06. The van der Waals surface area contributed by atoms with Gasteiger partial charge in [0.1, 0.15) is 11.5 Å². The van der Waals surface area contributed by atoms with Crippen LogP contribution in [0.5, 0.6) is 11.5 Å². The van der Waals surface area contributed by atoms with Crippen LogP contribution in [0.4, 0.5) is 5.69 Å². The first kappa shape index (κ1) is 20.6. The number of rotatable bonds is 7. The van der Waals surface area contributed by atoms with Gasteiger partial charge in [0, 0.05) is 16.7 Å². The van der Waals surface area contributed by atoms with Crippen LogP contribution in [0.2, 0.25) is 10.0 Å². The molecule has 1 N–H and O–H groups in total. The number of hydrogen-bond acceptors (Lipinski definition) is 5. The maximum Gasteiger partial charge on any atom is 0.331 e. The van der Waals surface area contributed by atoms with Crippen LogP contribution in [-0.2, 0) is 14.3 Å². The molecule has 2 aromatic carbocycles. The molecule has 142 valence electrons. The van der Waals surface area contributed by atoms with Crippen molar-refractivity contribution in [3.63, 3.8) is 0 Å². The molecule has 1 amide bonds. The molecule has 8 heteroatoms. The maximum absolute atomic E-state index is 11.9. The summed E-state index contributed by atoms with van der Waals surface area (Å²) in [6.07, 6.45) is 2.70. The van der Waals surface area contributed by atoms with Crippen LogP contribution in [0.25, 0.3) is 6.08 Å². The fraction of sp³-hybridized carbons (Fsp3) is 0.158. The summed E-state index contributed by atoms with van der Waals surface area (Å²) in [7, 11) is 3.05. The van der Waals surface area contributed by atoms with Gasteiger partial charge in [0.15, 0.2) is 6.61 Å². The molecule has 0 aromatic heterocycles. The van der Waals surface area contributed by atoms with Crippen molar-refractivity contribution >= 4 is 46.8 Å². The van der Waals surface area contributed by atoms with Gasteiger partial charge in [0.2, 0.25) is 0 Å². The number of nitrogens with one attached hydrogen (secondary N) is 1. The quantitative estimate of drug-likeness (QED) is 0.547. The Bertz CT molecular complexity index is 867. The third-order valence-corrected chi connectivity index (χ3v) is 3.95. The molecule has 0 heterocycles. The zero-order valence-electron chi connectivity index (χ0n) is 14.6. The molecule has 0 aliphatic carbocycles. The topological polar surface area (TPSA) is 73.9 Å². The molecule has 0 radical (unpaired) electrons. The lowest BCUT2D eigenvalue weighted by atomic mass is 10.1. The number of halogens is 2. The predicted octanol–water partition coefficient (Wildman–Crippen LogP) is 4.21. The van der Waals surface area contributed by atoms with Gasteiger partial charge in [-0.25, -0.2) is 4.79 Å². The van der Waals surface area contributed by atoms with E-state index >= 15 is 0 Å². The van der Waals surface area contributed by atoms with Gasteiger partial charge in [-0.15, -0.1) is 0 Å². The highest BCUT2D eigenvalue weighted by atomic mass is 35.5. The van der Waals surface area contributed by atoms with Gasteiger partial charge < -0.3 is 19.5 Å². The van der Waals surface area contributed by atoms with Crippen LogP contribution >= 0.6 is 23.2 Å². The molecule has 6 nitrogen and oxygen atoms in total. The number of ether oxygens (including phenoxy) is 3. The summed E-state index contributed by atoms with van der Waals surface area (Å²) < 4.78 is 15.3. The molecule has 0 spiro atoms. The standard InChI is InChI=1S/C19H17Cl2NO5/c1-25-14-5-7-17(26-2)12(9-14)3-8-19(24)27-11-18(23)22-16-10-13(20)4-6-15(16)21/h3-10H,11H2,1-2H3,(H,22,23)/b8-3+. The van der Waals surface area contributed by atoms with Crippen LogP contribution in [0.15, 0.2) is 42.5 Å². The van der Waals surface area contributed by atoms with Crippen LogP contribution in [-0.4, -0.2) is 32.7 Å². The molecule has 0 bridgehead atoms. The number of benzene rings is 2. The zero-order chi connectivity index (χ0) is 19.8. The van der Waals surface area contributed by atoms with Crippen molar-refractivity contribution in [1.82, 2.24) is 0 Å². The number of carbonyl (C=O) groups excluding carboxylic acids is 2. The van der Waals surface area contributed by atoms with Crippen molar-refractivity contribution in [2.75, 3.05) is 26.1 Å². The van der Waals surface area contributed by atoms with Crippen molar-refractivity contribution in [3.8, 4) is 11.5 Å². The molecule has 0 aliphatic rings. The molecule has 0 fully saturated rings. The third kappa shape index (κ3) is 6.20. The summed E-state index contributed by atoms with van der Waals surface area (Å²) in [5.41, 5.74) is 0.964. The Kier molecular flexibility index (Phi) is 7.52. The van der Waals surface area contributed by atoms with E-state index in [4.69, 9.17) is 37.4 Å². The Morgan fingerprint density at radius 1 is 1.07 bits per heavy atom. The SMILES string of the molecule is COc1ccc(OC)c(/C=C/C(=O)OCC(=O)Nc2cc(Cl)ccc2Cl)c1. The summed E-state index contributed by atoms with van der Waals surface area (Å²) in [5, 5.41) is 3.26. The molecular formula is C19H17Cl2NO5. The van der Waals surface area contributed by atoms with Crippen LogP contribution < -0.4 is 14.8 Å². The van der Waals surface area contributed by atoms with Crippen molar-refractivity contribution in [2.24, 2.45) is 0 Å². The summed E-state index contributed by atoms with van der Waals surface area (Å²) in [6, 6.07) is 9.80. The minimum Gasteiger partial charge on any atom is -0.497 e. The highest BCUT2D eigenvalue weighted by Crippen LogP contribution is 2.26. The number of hydrogen-bond donors (Lipinski definition) is 1. The van der Waals surface area contributed by atoms with Crippen molar-refractivity contribution < 1.29 is 23.8 Å². The number of amides is 1. The monoisotopic (exact) mass is 409 g/mol. The summed E-state index contributed by atoms with van der Waals surface area (Å²) in [5.74, 6) is -0.0538. The predicted molar refractivity (Wildman–Crippen MR) is 105 cm³/mol. The van der Waals surface area contributed by atoms with Gasteiger partial charge in [0.05, 0.1) is 24.9 Å². The summed E-state index contributed by atoms with van der Waals surface area (Å²) in [6.45, 7) is -0.471. The minimum atomic E-state index is -0.688. The number of carbonyl (C=O) groups is 2. The lowest BCUT2D eigenvalue weighted by Crippen LogP contribution is -2.20. The molecule has 0 aliphatic heterocycles. The van der Waals surface area contributed by atoms with E-state index in [1.807, 2.05) is 0 Å². The van der Waals surface area contributed by atoms with Crippen molar-refractivity contribution in [3.05, 3.63) is 58.1 Å². The molecular weight excluding hydrogens is 393 g/mol. The zero-order valence-corrected chi connectivity index (χ0v) is 16.1. The third-order valence-electron chi connectivity index (χ3n) is 3.38. The van der Waals surface area contributed by atoms with E-state index in [2.05, 4.69) is 5.32 Å². The van der Waals surface area contributed by atoms with Gasteiger partial charge in [0.25, 0.3) is 5.91 Å². The molecule has 0 unspecified atom stereocenters. The Morgan fingerprint density at radius 3 is 2.56 bits per heavy atom. The smallest absolute Gasteiger partial charge is 0.331 e. The first-order valence-corrected chi connectivity index (χ1v) is 8.50. The average molecular weight is 410 g/mol. The number of methoxy groups -OCH3 is 2. The first-order valence-electron chi connectivity index (χ1n) is 7.74. The number of esters is 1. The minimum absolute atomic E-state index is 0.323. The van der Waals surface area contributed by atoms with Gasteiger partial charge in [-0.1, -0.05) is 23.2 Å². The van der Waals surface area contributed by atoms with E-state index in [0.717, 1.165) is 0 Å². The van der Waals surface area contributed by atoms with E-state index in [0.29, 0.717) is 32.8 Å². The van der Waals surface area contributed by atoms with E-state index in [1.165, 1.54) is 32.4 Å². The Balaban J connectivity index is 1.93. The summed E-state index contributed by atoms with van der Waals surface area (Å²) in [4.78, 5) is 23.7. The maximum atomic E-state index is 11.9. The largest absolute Gasteiger partial charge is 0.497 e. The van der Waals surface area contributed by atoms with Gasteiger partial charge in [-0.3, -0.25) is 4.79 Å². The second kappa shape index (κ2) is 9.85. The summed E-state index contributed by atoms with van der Waals surface area (Å²) >= 11 is 11.8. The van der Waals surface area contributed by atoms with E-state index < -0.39 is 18.5 Å². The van der Waals surface area contributed by atoms with E-state index in [-0.39, 0.29) is 0 Å². The van der Waals surface area contributed by atoms with Gasteiger partial charge in [-0.05, 0) is 42.5 Å². The van der Waals surface area contributed by atoms with E-state index in [1.54, 1.807) is 30.3 Å².